The molecule has 90 valence electrons. The van der Waals surface area contributed by atoms with E-state index < -0.39 is 0 Å². The van der Waals surface area contributed by atoms with Gasteiger partial charge in [0.25, 0.3) is 5.56 Å². The Morgan fingerprint density at radius 3 is 2.94 bits per heavy atom. The van der Waals surface area contributed by atoms with Crippen molar-refractivity contribution in [3.05, 3.63) is 46.1 Å². The lowest BCUT2D eigenvalue weighted by atomic mass is 10.2. The summed E-state index contributed by atoms with van der Waals surface area (Å²) in [7, 11) is 1.59. The lowest BCUT2D eigenvalue weighted by Gasteiger charge is -2.03. The van der Waals surface area contributed by atoms with Crippen molar-refractivity contribution in [3.8, 4) is 16.5 Å². The number of aromatic amines is 1. The average molecular weight is 258 g/mol. The molecule has 0 bridgehead atoms. The molecule has 5 heteroatoms. The maximum atomic E-state index is 12.0. The summed E-state index contributed by atoms with van der Waals surface area (Å²) in [6, 6.07) is 9.09. The van der Waals surface area contributed by atoms with E-state index in [9.17, 15) is 4.79 Å². The van der Waals surface area contributed by atoms with Crippen molar-refractivity contribution in [2.24, 2.45) is 0 Å². The van der Waals surface area contributed by atoms with E-state index in [2.05, 4.69) is 9.97 Å². The van der Waals surface area contributed by atoms with Gasteiger partial charge in [-0.1, -0.05) is 6.07 Å². The second-order valence-corrected chi connectivity index (χ2v) is 4.72. The van der Waals surface area contributed by atoms with Gasteiger partial charge in [-0.25, -0.2) is 4.98 Å². The summed E-state index contributed by atoms with van der Waals surface area (Å²) in [6.07, 6.45) is 0. The third kappa shape index (κ3) is 1.78. The van der Waals surface area contributed by atoms with Crippen LogP contribution in [0, 0.1) is 0 Å². The zero-order valence-corrected chi connectivity index (χ0v) is 10.5. The molecule has 0 atom stereocenters. The van der Waals surface area contributed by atoms with Gasteiger partial charge in [-0.3, -0.25) is 4.79 Å². The summed E-state index contributed by atoms with van der Waals surface area (Å²) in [5.74, 6) is 1.29. The Morgan fingerprint density at radius 1 is 1.33 bits per heavy atom. The summed E-state index contributed by atoms with van der Waals surface area (Å²) >= 11 is 1.54. The number of nitrogens with zero attached hydrogens (tertiary/aromatic N) is 1. The van der Waals surface area contributed by atoms with E-state index in [1.165, 1.54) is 11.3 Å². The molecule has 0 fully saturated rings. The fourth-order valence-corrected chi connectivity index (χ4v) is 2.45. The van der Waals surface area contributed by atoms with E-state index in [0.29, 0.717) is 22.5 Å². The average Bonchev–Trinajstić information content (AvgIpc) is 2.91. The lowest BCUT2D eigenvalue weighted by Crippen LogP contribution is -2.09. The first-order chi connectivity index (χ1) is 8.78. The maximum absolute atomic E-state index is 12.0. The Morgan fingerprint density at radius 2 is 2.22 bits per heavy atom. The summed E-state index contributed by atoms with van der Waals surface area (Å²) in [4.78, 5) is 20.2. The summed E-state index contributed by atoms with van der Waals surface area (Å²) < 4.78 is 5.14. The number of fused-ring (bicyclic) bond motifs is 1. The molecule has 0 aliphatic carbocycles. The third-order valence-electron chi connectivity index (χ3n) is 2.67. The van der Waals surface area contributed by atoms with Crippen molar-refractivity contribution in [1.29, 1.82) is 0 Å². The van der Waals surface area contributed by atoms with Crippen molar-refractivity contribution in [3.63, 3.8) is 0 Å². The van der Waals surface area contributed by atoms with Gasteiger partial charge in [0.1, 0.15) is 5.75 Å². The van der Waals surface area contributed by atoms with E-state index >= 15 is 0 Å². The predicted octanol–water partition coefficient (Wildman–Crippen LogP) is 2.66. The molecule has 18 heavy (non-hydrogen) atoms. The molecule has 3 rings (SSSR count). The highest BCUT2D eigenvalue weighted by molar-refractivity contribution is 7.13. The van der Waals surface area contributed by atoms with Gasteiger partial charge in [0.15, 0.2) is 5.82 Å². The number of hydrogen-bond donors (Lipinski definition) is 1. The Labute approximate surface area is 107 Å². The monoisotopic (exact) mass is 258 g/mol. The van der Waals surface area contributed by atoms with E-state index in [1.807, 2.05) is 17.5 Å². The van der Waals surface area contributed by atoms with Gasteiger partial charge in [-0.15, -0.1) is 11.3 Å². The number of H-pyrrole nitrogens is 1. The van der Waals surface area contributed by atoms with Crippen LogP contribution in [0.1, 0.15) is 0 Å². The summed E-state index contributed by atoms with van der Waals surface area (Å²) in [6.45, 7) is 0. The molecule has 0 aliphatic rings. The van der Waals surface area contributed by atoms with Crippen LogP contribution in [0.4, 0.5) is 0 Å². The van der Waals surface area contributed by atoms with Crippen LogP contribution in [-0.4, -0.2) is 17.1 Å². The molecular weight excluding hydrogens is 248 g/mol. The standard InChI is InChI=1S/C13H10N2O2S/c1-17-8-4-5-9-10(7-8)14-12(15-13(9)16)11-3-2-6-18-11/h2-7H,1H3,(H,14,15,16). The van der Waals surface area contributed by atoms with Gasteiger partial charge in [-0.05, 0) is 23.6 Å². The minimum Gasteiger partial charge on any atom is -0.497 e. The van der Waals surface area contributed by atoms with E-state index in [1.54, 1.807) is 25.3 Å². The summed E-state index contributed by atoms with van der Waals surface area (Å²) in [5.41, 5.74) is 0.507. The van der Waals surface area contributed by atoms with Crippen molar-refractivity contribution >= 4 is 22.2 Å². The lowest BCUT2D eigenvalue weighted by molar-refractivity contribution is 0.415. The SMILES string of the molecule is COc1ccc2c(=O)[nH]c(-c3cccs3)nc2c1. The highest BCUT2D eigenvalue weighted by Gasteiger charge is 2.07. The van der Waals surface area contributed by atoms with Crippen LogP contribution in [0.5, 0.6) is 5.75 Å². The number of benzene rings is 1. The van der Waals surface area contributed by atoms with Crippen molar-refractivity contribution in [2.45, 2.75) is 0 Å². The minimum absolute atomic E-state index is 0.133. The van der Waals surface area contributed by atoms with Gasteiger partial charge < -0.3 is 9.72 Å². The second kappa shape index (κ2) is 4.27. The first-order valence-electron chi connectivity index (χ1n) is 5.40. The molecule has 2 heterocycles. The molecule has 2 aromatic heterocycles. The van der Waals surface area contributed by atoms with Gasteiger partial charge in [0, 0.05) is 6.07 Å². The minimum atomic E-state index is -0.133. The Kier molecular flexibility index (Phi) is 2.60. The van der Waals surface area contributed by atoms with Crippen LogP contribution in [0.15, 0.2) is 40.5 Å². The number of hydrogen-bond acceptors (Lipinski definition) is 4. The molecule has 4 nitrogen and oxygen atoms in total. The Balaban J connectivity index is 2.28. The van der Waals surface area contributed by atoms with Gasteiger partial charge in [0.05, 0.1) is 22.9 Å². The third-order valence-corrected chi connectivity index (χ3v) is 3.54. The first-order valence-corrected chi connectivity index (χ1v) is 6.28. The van der Waals surface area contributed by atoms with Crippen molar-refractivity contribution in [2.75, 3.05) is 7.11 Å². The molecule has 0 spiro atoms. The molecule has 0 radical (unpaired) electrons. The molecule has 0 amide bonds. The summed E-state index contributed by atoms with van der Waals surface area (Å²) in [5, 5.41) is 2.52. The molecule has 0 unspecified atom stereocenters. The normalized spacial score (nSPS) is 10.7. The fraction of sp³-hybridized carbons (Fsp3) is 0.0769. The van der Waals surface area contributed by atoms with Gasteiger partial charge in [-0.2, -0.15) is 0 Å². The predicted molar refractivity (Wildman–Crippen MR) is 72.2 cm³/mol. The van der Waals surface area contributed by atoms with E-state index in [-0.39, 0.29) is 5.56 Å². The number of rotatable bonds is 2. The zero-order chi connectivity index (χ0) is 12.5. The molecule has 3 aromatic rings. The molecule has 0 saturated carbocycles. The van der Waals surface area contributed by atoms with Crippen molar-refractivity contribution in [1.82, 2.24) is 9.97 Å². The molecular formula is C13H10N2O2S. The molecule has 1 aromatic carbocycles. The Bertz CT molecular complexity index is 747. The number of methoxy groups -OCH3 is 1. The Hall–Kier alpha value is -2.14. The second-order valence-electron chi connectivity index (χ2n) is 3.77. The molecule has 1 N–H and O–H groups in total. The number of ether oxygens (including phenoxy) is 1. The van der Waals surface area contributed by atoms with Crippen LogP contribution in [0.3, 0.4) is 0 Å². The smallest absolute Gasteiger partial charge is 0.259 e. The molecule has 0 saturated heterocycles. The maximum Gasteiger partial charge on any atom is 0.259 e. The van der Waals surface area contributed by atoms with Crippen LogP contribution in [-0.2, 0) is 0 Å². The number of thiophene rings is 1. The highest BCUT2D eigenvalue weighted by Crippen LogP contribution is 2.22. The zero-order valence-electron chi connectivity index (χ0n) is 9.64. The van der Waals surface area contributed by atoms with Crippen LogP contribution >= 0.6 is 11.3 Å². The molecule has 0 aliphatic heterocycles. The topological polar surface area (TPSA) is 55.0 Å². The van der Waals surface area contributed by atoms with Crippen LogP contribution < -0.4 is 10.3 Å². The van der Waals surface area contributed by atoms with Crippen molar-refractivity contribution < 1.29 is 4.74 Å². The highest BCUT2D eigenvalue weighted by atomic mass is 32.1. The number of nitrogens with one attached hydrogen (secondary N) is 1. The van der Waals surface area contributed by atoms with Gasteiger partial charge in [0.2, 0.25) is 0 Å². The van der Waals surface area contributed by atoms with Crippen LogP contribution in [0.25, 0.3) is 21.6 Å². The van der Waals surface area contributed by atoms with Gasteiger partial charge >= 0.3 is 0 Å². The van der Waals surface area contributed by atoms with E-state index in [0.717, 1.165) is 4.88 Å². The quantitative estimate of drug-likeness (QED) is 0.768. The first kappa shape index (κ1) is 11.0. The van der Waals surface area contributed by atoms with Crippen LogP contribution in [0.2, 0.25) is 0 Å². The number of aromatic nitrogens is 2. The van der Waals surface area contributed by atoms with E-state index in [4.69, 9.17) is 4.74 Å². The fourth-order valence-electron chi connectivity index (χ4n) is 1.78. The largest absolute Gasteiger partial charge is 0.497 e.